The van der Waals surface area contributed by atoms with Crippen LogP contribution < -0.4 is 0 Å². The zero-order chi connectivity index (χ0) is 15.6. The van der Waals surface area contributed by atoms with Crippen LogP contribution in [0.4, 0.5) is 0 Å². The van der Waals surface area contributed by atoms with Crippen molar-refractivity contribution >= 4 is 15.8 Å². The molecule has 0 heterocycles. The minimum absolute atomic E-state index is 0.192. The molecule has 0 atom stereocenters. The van der Waals surface area contributed by atoms with Crippen molar-refractivity contribution in [1.29, 1.82) is 0 Å². The predicted octanol–water partition coefficient (Wildman–Crippen LogP) is 3.64. The summed E-state index contributed by atoms with van der Waals surface area (Å²) >= 11 is 0. The first-order valence-electron chi connectivity index (χ1n) is 7.58. The molecule has 4 heteroatoms. The van der Waals surface area contributed by atoms with Crippen LogP contribution in [0.2, 0.25) is 0 Å². The molecule has 0 fully saturated rings. The average molecular weight is 306 g/mol. The third-order valence-corrected chi connectivity index (χ3v) is 4.43. The molecule has 0 N–H and O–H groups in total. The molecule has 21 heavy (non-hydrogen) atoms. The summed E-state index contributed by atoms with van der Waals surface area (Å²) in [5.74, 6) is 0. The fourth-order valence-electron chi connectivity index (χ4n) is 2.05. The Balaban J connectivity index is 2.44. The number of rotatable bonds is 11. The van der Waals surface area contributed by atoms with Crippen LogP contribution in [-0.4, -0.2) is 35.0 Å². The first kappa shape index (κ1) is 18.1. The number of benzene rings is 1. The lowest BCUT2D eigenvalue weighted by Crippen LogP contribution is -2.43. The highest BCUT2D eigenvalue weighted by atomic mass is 28.2. The molecule has 0 spiro atoms. The fourth-order valence-corrected chi connectivity index (χ4v) is 3.02. The Morgan fingerprint density at radius 3 is 2.48 bits per heavy atom. The third-order valence-electron chi connectivity index (χ3n) is 3.13. The van der Waals surface area contributed by atoms with E-state index in [1.54, 1.807) is 0 Å². The van der Waals surface area contributed by atoms with Gasteiger partial charge in [-0.1, -0.05) is 43.8 Å². The van der Waals surface area contributed by atoms with Gasteiger partial charge in [-0.3, -0.25) is 0 Å². The van der Waals surface area contributed by atoms with Crippen molar-refractivity contribution in [1.82, 2.24) is 0 Å². The molecule has 0 aliphatic carbocycles. The highest BCUT2D eigenvalue weighted by Gasteiger charge is 2.31. The van der Waals surface area contributed by atoms with Crippen molar-refractivity contribution in [3.63, 3.8) is 0 Å². The third kappa shape index (κ3) is 6.14. The summed E-state index contributed by atoms with van der Waals surface area (Å²) in [6, 6.07) is 8.34. The van der Waals surface area contributed by atoms with E-state index in [4.69, 9.17) is 13.9 Å². The smallest absolute Gasteiger partial charge is 0.304 e. The molecule has 0 amide bonds. The van der Waals surface area contributed by atoms with Gasteiger partial charge in [-0.25, -0.2) is 0 Å². The van der Waals surface area contributed by atoms with E-state index >= 15 is 0 Å². The number of hydrogen-bond donors (Lipinski definition) is 0. The molecule has 0 aromatic heterocycles. The van der Waals surface area contributed by atoms with Crippen LogP contribution in [0.1, 0.15) is 38.3 Å². The Morgan fingerprint density at radius 2 is 1.90 bits per heavy atom. The van der Waals surface area contributed by atoms with E-state index in [9.17, 15) is 0 Å². The van der Waals surface area contributed by atoms with Gasteiger partial charge in [0.15, 0.2) is 5.41 Å². The van der Waals surface area contributed by atoms with Gasteiger partial charge in [-0.15, -0.1) is 0 Å². The van der Waals surface area contributed by atoms with E-state index in [1.807, 2.05) is 32.1 Å². The molecule has 116 valence electrons. The van der Waals surface area contributed by atoms with Crippen LogP contribution in [0.3, 0.4) is 0 Å². The minimum atomic E-state index is -0.577. The zero-order valence-corrected chi connectivity index (χ0v) is 14.4. The Bertz CT molecular complexity index is 414. The van der Waals surface area contributed by atoms with Gasteiger partial charge in [0, 0.05) is 19.8 Å². The van der Waals surface area contributed by atoms with Crippen LogP contribution in [0, 0.1) is 0 Å². The van der Waals surface area contributed by atoms with Gasteiger partial charge < -0.3 is 13.9 Å². The number of hydrogen-bond acceptors (Lipinski definition) is 3. The van der Waals surface area contributed by atoms with Gasteiger partial charge in [-0.2, -0.15) is 0 Å². The van der Waals surface area contributed by atoms with Crippen molar-refractivity contribution in [3.05, 3.63) is 42.0 Å². The van der Waals surface area contributed by atoms with E-state index in [-0.39, 0.29) is 9.76 Å². The van der Waals surface area contributed by atoms with Crippen molar-refractivity contribution in [3.8, 4) is 0 Å². The summed E-state index contributed by atoms with van der Waals surface area (Å²) in [6.45, 7) is 11.7. The van der Waals surface area contributed by atoms with Gasteiger partial charge in [-0.05, 0) is 37.8 Å². The van der Waals surface area contributed by atoms with E-state index in [0.29, 0.717) is 19.8 Å². The van der Waals surface area contributed by atoms with Gasteiger partial charge in [0.05, 0.1) is 0 Å². The number of ether oxygens (including phenoxy) is 2. The lowest BCUT2D eigenvalue weighted by molar-refractivity contribution is -0.183. The van der Waals surface area contributed by atoms with Gasteiger partial charge in [0.2, 0.25) is 0 Å². The second kappa shape index (κ2) is 9.90. The van der Waals surface area contributed by atoms with Crippen LogP contribution in [-0.2, 0) is 20.3 Å². The molecule has 0 saturated carbocycles. The lowest BCUT2D eigenvalue weighted by atomic mass is 10.1. The van der Waals surface area contributed by atoms with Crippen molar-refractivity contribution in [2.45, 2.75) is 39.0 Å². The molecule has 1 rings (SSSR count). The summed E-state index contributed by atoms with van der Waals surface area (Å²) in [7, 11) is 0.192. The molecule has 1 aromatic rings. The molecule has 0 saturated heterocycles. The van der Waals surface area contributed by atoms with E-state index < -0.39 is 5.41 Å². The largest absolute Gasteiger partial charge is 0.412 e. The van der Waals surface area contributed by atoms with Gasteiger partial charge in [0.25, 0.3) is 0 Å². The van der Waals surface area contributed by atoms with Crippen LogP contribution in [0.15, 0.2) is 30.8 Å². The second-order valence-electron chi connectivity index (χ2n) is 4.62. The van der Waals surface area contributed by atoms with Crippen molar-refractivity contribution < 1.29 is 13.9 Å². The summed E-state index contributed by atoms with van der Waals surface area (Å²) in [4.78, 5) is 0. The standard InChI is InChI=1S/C17H26O3Si/c1-5-15-10-9-11-16(14-15)12-13-20-21-17(6-2,18-7-3)19-8-4/h5,9-11,14H,1,6-8,12-13H2,2-4H3. The van der Waals surface area contributed by atoms with Crippen LogP contribution >= 0.6 is 0 Å². The molecule has 1 aromatic carbocycles. The molecule has 0 aliphatic heterocycles. The molecule has 0 bridgehead atoms. The second-order valence-corrected chi connectivity index (χ2v) is 5.88. The maximum atomic E-state index is 5.82. The Hall–Kier alpha value is -0.943. The Morgan fingerprint density at radius 1 is 1.19 bits per heavy atom. The quantitative estimate of drug-likeness (QED) is 0.355. The summed E-state index contributed by atoms with van der Waals surface area (Å²) < 4.78 is 17.3. The van der Waals surface area contributed by atoms with Crippen molar-refractivity contribution in [2.75, 3.05) is 19.8 Å². The monoisotopic (exact) mass is 306 g/mol. The van der Waals surface area contributed by atoms with Crippen LogP contribution in [0.25, 0.3) is 6.08 Å². The maximum Gasteiger partial charge on any atom is 0.304 e. The first-order chi connectivity index (χ1) is 10.2. The highest BCUT2D eigenvalue weighted by molar-refractivity contribution is 6.31. The lowest BCUT2D eigenvalue weighted by Gasteiger charge is -2.30. The van der Waals surface area contributed by atoms with Crippen molar-refractivity contribution in [2.24, 2.45) is 0 Å². The zero-order valence-electron chi connectivity index (χ0n) is 13.4. The molecule has 0 aliphatic rings. The summed E-state index contributed by atoms with van der Waals surface area (Å²) in [6.07, 6.45) is 3.53. The molecular formula is C17H26O3Si. The topological polar surface area (TPSA) is 27.7 Å². The minimum Gasteiger partial charge on any atom is -0.412 e. The Kier molecular flexibility index (Phi) is 8.53. The van der Waals surface area contributed by atoms with E-state index in [0.717, 1.165) is 18.4 Å². The molecule has 0 unspecified atom stereocenters. The maximum absolute atomic E-state index is 5.82. The molecule has 2 radical (unpaired) electrons. The van der Waals surface area contributed by atoms with E-state index in [2.05, 4.69) is 25.6 Å². The Labute approximate surface area is 131 Å². The predicted molar refractivity (Wildman–Crippen MR) is 88.2 cm³/mol. The van der Waals surface area contributed by atoms with Gasteiger partial charge >= 0.3 is 9.76 Å². The summed E-state index contributed by atoms with van der Waals surface area (Å²) in [5, 5.41) is 0. The van der Waals surface area contributed by atoms with E-state index in [1.165, 1.54) is 5.56 Å². The highest BCUT2D eigenvalue weighted by Crippen LogP contribution is 2.17. The normalized spacial score (nSPS) is 11.6. The first-order valence-corrected chi connectivity index (χ1v) is 8.48. The SMILES string of the molecule is C=Cc1cccc(CCO[Si]C(CC)(OCC)OCC)c1. The van der Waals surface area contributed by atoms with Gasteiger partial charge in [0.1, 0.15) is 0 Å². The average Bonchev–Trinajstić information content (AvgIpc) is 2.52. The van der Waals surface area contributed by atoms with Crippen LogP contribution in [0.5, 0.6) is 0 Å². The molecular weight excluding hydrogens is 280 g/mol. The summed E-state index contributed by atoms with van der Waals surface area (Å²) in [5.41, 5.74) is 1.82. The fraction of sp³-hybridized carbons (Fsp3) is 0.529. The molecule has 3 nitrogen and oxygen atoms in total.